The Morgan fingerprint density at radius 1 is 1.15 bits per heavy atom. The first kappa shape index (κ1) is 22.6. The fraction of sp³-hybridized carbons (Fsp3) is 0.680. The number of piperidine rings is 1. The molecule has 33 heavy (non-hydrogen) atoms. The van der Waals surface area contributed by atoms with Crippen LogP contribution in [0.15, 0.2) is 47.8 Å². The molecule has 5 atom stereocenters. The lowest BCUT2D eigenvalue weighted by Gasteiger charge is -2.47. The van der Waals surface area contributed by atoms with E-state index >= 15 is 0 Å². The summed E-state index contributed by atoms with van der Waals surface area (Å²) < 4.78 is 11.8. The summed E-state index contributed by atoms with van der Waals surface area (Å²) >= 11 is 0. The lowest BCUT2D eigenvalue weighted by molar-refractivity contribution is 0.0382. The Labute approximate surface area is 197 Å². The van der Waals surface area contributed by atoms with Crippen LogP contribution in [0.3, 0.4) is 0 Å². The second-order valence-corrected chi connectivity index (χ2v) is 9.75. The Morgan fingerprint density at radius 2 is 2.03 bits per heavy atom. The molecule has 8 heteroatoms. The van der Waals surface area contributed by atoms with Crippen LogP contribution in [0.2, 0.25) is 0 Å². The maximum absolute atomic E-state index is 6.30. The molecule has 5 N–H and O–H groups in total. The van der Waals surface area contributed by atoms with E-state index in [1.165, 1.54) is 11.4 Å². The summed E-state index contributed by atoms with van der Waals surface area (Å²) in [4.78, 5) is 2.50. The third-order valence-corrected chi connectivity index (χ3v) is 7.56. The SMILES string of the molecule is CCC1C=C(OCC2CCOCC2)C=C(N2CCC3NC(C4NC=CCN4)NC=C3C2C)N1. The highest BCUT2D eigenvalue weighted by molar-refractivity contribution is 5.30. The van der Waals surface area contributed by atoms with Crippen molar-refractivity contribution in [2.24, 2.45) is 5.92 Å². The van der Waals surface area contributed by atoms with Crippen molar-refractivity contribution in [2.45, 2.75) is 70.0 Å². The molecular weight excluding hydrogens is 416 g/mol. The van der Waals surface area contributed by atoms with Crippen LogP contribution in [-0.2, 0) is 9.47 Å². The number of hydrogen-bond acceptors (Lipinski definition) is 8. The van der Waals surface area contributed by atoms with Gasteiger partial charge in [0.05, 0.1) is 12.6 Å². The van der Waals surface area contributed by atoms with Crippen LogP contribution in [0.5, 0.6) is 0 Å². The third-order valence-electron chi connectivity index (χ3n) is 7.56. The molecule has 0 aliphatic carbocycles. The summed E-state index contributed by atoms with van der Waals surface area (Å²) in [7, 11) is 0. The van der Waals surface area contributed by atoms with Crippen LogP contribution in [0.25, 0.3) is 0 Å². The van der Waals surface area contributed by atoms with Gasteiger partial charge in [0, 0.05) is 50.7 Å². The smallest absolute Gasteiger partial charge is 0.120 e. The zero-order chi connectivity index (χ0) is 22.6. The Kier molecular flexibility index (Phi) is 7.13. The van der Waals surface area contributed by atoms with Crippen molar-refractivity contribution >= 4 is 0 Å². The second kappa shape index (κ2) is 10.4. The highest BCUT2D eigenvalue weighted by atomic mass is 16.5. The number of dihydropyridines is 1. The van der Waals surface area contributed by atoms with Crippen molar-refractivity contribution in [3.8, 4) is 0 Å². The van der Waals surface area contributed by atoms with Gasteiger partial charge in [-0.1, -0.05) is 13.0 Å². The molecule has 0 aromatic carbocycles. The number of ether oxygens (including phenoxy) is 2. The maximum Gasteiger partial charge on any atom is 0.120 e. The van der Waals surface area contributed by atoms with Crippen molar-refractivity contribution < 1.29 is 9.47 Å². The first-order valence-corrected chi connectivity index (χ1v) is 12.7. The molecule has 0 amide bonds. The molecule has 0 bridgehead atoms. The van der Waals surface area contributed by atoms with Crippen molar-refractivity contribution in [3.63, 3.8) is 0 Å². The van der Waals surface area contributed by atoms with Gasteiger partial charge in [0.15, 0.2) is 0 Å². The van der Waals surface area contributed by atoms with E-state index in [2.05, 4.69) is 69.8 Å². The van der Waals surface area contributed by atoms with E-state index in [0.29, 0.717) is 24.0 Å². The van der Waals surface area contributed by atoms with Crippen LogP contribution in [0.1, 0.15) is 39.5 Å². The fourth-order valence-electron chi connectivity index (χ4n) is 5.43. The topological polar surface area (TPSA) is 81.9 Å². The molecule has 0 spiro atoms. The Bertz CT molecular complexity index is 803. The number of likely N-dealkylation sites (tertiary alicyclic amines) is 1. The number of fused-ring (bicyclic) bond motifs is 1. The monoisotopic (exact) mass is 456 g/mol. The summed E-state index contributed by atoms with van der Waals surface area (Å²) in [5.41, 5.74) is 1.42. The molecule has 0 radical (unpaired) electrons. The summed E-state index contributed by atoms with van der Waals surface area (Å²) in [5.74, 6) is 2.79. The zero-order valence-corrected chi connectivity index (χ0v) is 20.0. The van der Waals surface area contributed by atoms with Gasteiger partial charge in [-0.05, 0) is 56.4 Å². The predicted octanol–water partition coefficient (Wildman–Crippen LogP) is 1.43. The molecular formula is C25H40N6O2. The van der Waals surface area contributed by atoms with E-state index in [1.54, 1.807) is 0 Å². The van der Waals surface area contributed by atoms with E-state index in [1.807, 2.05) is 6.20 Å². The van der Waals surface area contributed by atoms with Gasteiger partial charge in [-0.2, -0.15) is 0 Å². The highest BCUT2D eigenvalue weighted by Gasteiger charge is 2.37. The van der Waals surface area contributed by atoms with Crippen LogP contribution in [0, 0.1) is 5.92 Å². The number of rotatable bonds is 6. The molecule has 5 unspecified atom stereocenters. The average Bonchev–Trinajstić information content (AvgIpc) is 2.88. The van der Waals surface area contributed by atoms with Gasteiger partial charge in [0.2, 0.25) is 0 Å². The molecule has 0 aromatic heterocycles. The largest absolute Gasteiger partial charge is 0.493 e. The van der Waals surface area contributed by atoms with Crippen LogP contribution >= 0.6 is 0 Å². The molecule has 5 aliphatic heterocycles. The molecule has 5 heterocycles. The number of hydrogen-bond donors (Lipinski definition) is 5. The predicted molar refractivity (Wildman–Crippen MR) is 130 cm³/mol. The third kappa shape index (κ3) is 5.18. The lowest BCUT2D eigenvalue weighted by Crippen LogP contribution is -2.67. The first-order chi connectivity index (χ1) is 16.2. The molecule has 2 saturated heterocycles. The van der Waals surface area contributed by atoms with E-state index in [9.17, 15) is 0 Å². The molecule has 8 nitrogen and oxygen atoms in total. The van der Waals surface area contributed by atoms with Crippen LogP contribution in [0.4, 0.5) is 0 Å². The highest BCUT2D eigenvalue weighted by Crippen LogP contribution is 2.30. The minimum Gasteiger partial charge on any atom is -0.493 e. The Morgan fingerprint density at radius 3 is 2.82 bits per heavy atom. The van der Waals surface area contributed by atoms with Gasteiger partial charge < -0.3 is 30.3 Å². The zero-order valence-electron chi connectivity index (χ0n) is 20.0. The standard InChI is InChI=1S/C25H40N6O2/c1-3-19-13-20(33-16-18-6-11-32-12-7-18)14-23(29-19)31-10-5-22-21(17(31)2)15-28-25(30-22)24-26-8-4-9-27-24/h4,8,13-15,17-19,22,24-30H,3,5-7,9-12,16H2,1-2H3. The Hall–Kier alpha value is -2.16. The van der Waals surface area contributed by atoms with E-state index < -0.39 is 0 Å². The molecule has 182 valence electrons. The lowest BCUT2D eigenvalue weighted by atomic mass is 9.90. The van der Waals surface area contributed by atoms with Gasteiger partial charge in [-0.3, -0.25) is 10.6 Å². The number of allylic oxidation sites excluding steroid dienone is 1. The number of nitrogens with one attached hydrogen (secondary N) is 5. The maximum atomic E-state index is 6.30. The van der Waals surface area contributed by atoms with Crippen molar-refractivity contribution in [2.75, 3.05) is 32.9 Å². The summed E-state index contributed by atoms with van der Waals surface area (Å²) in [6.45, 7) is 8.95. The fourth-order valence-corrected chi connectivity index (χ4v) is 5.43. The summed E-state index contributed by atoms with van der Waals surface area (Å²) in [5, 5.41) is 18.0. The Balaban J connectivity index is 1.24. The van der Waals surface area contributed by atoms with Gasteiger partial charge in [0.1, 0.15) is 23.9 Å². The van der Waals surface area contributed by atoms with E-state index in [0.717, 1.165) is 64.4 Å². The molecule has 0 saturated carbocycles. The molecule has 5 rings (SSSR count). The molecule has 2 fully saturated rings. The first-order valence-electron chi connectivity index (χ1n) is 12.7. The number of nitrogens with zero attached hydrogens (tertiary/aromatic N) is 1. The van der Waals surface area contributed by atoms with Crippen LogP contribution < -0.4 is 26.6 Å². The van der Waals surface area contributed by atoms with E-state index in [4.69, 9.17) is 9.47 Å². The summed E-state index contributed by atoms with van der Waals surface area (Å²) in [6, 6.07) is 1.00. The average molecular weight is 457 g/mol. The van der Waals surface area contributed by atoms with Crippen molar-refractivity contribution in [3.05, 3.63) is 47.8 Å². The second-order valence-electron chi connectivity index (χ2n) is 9.75. The van der Waals surface area contributed by atoms with Gasteiger partial charge in [-0.25, -0.2) is 0 Å². The normalized spacial score (nSPS) is 34.7. The minimum atomic E-state index is 0.173. The van der Waals surface area contributed by atoms with Gasteiger partial charge in [-0.15, -0.1) is 0 Å². The quantitative estimate of drug-likeness (QED) is 0.411. The van der Waals surface area contributed by atoms with Gasteiger partial charge in [0.25, 0.3) is 0 Å². The van der Waals surface area contributed by atoms with Crippen molar-refractivity contribution in [1.29, 1.82) is 0 Å². The minimum absolute atomic E-state index is 0.173. The van der Waals surface area contributed by atoms with Crippen molar-refractivity contribution in [1.82, 2.24) is 31.5 Å². The van der Waals surface area contributed by atoms with Crippen LogP contribution in [-0.4, -0.2) is 68.3 Å². The van der Waals surface area contributed by atoms with Gasteiger partial charge >= 0.3 is 0 Å². The van der Waals surface area contributed by atoms with E-state index in [-0.39, 0.29) is 12.3 Å². The molecule has 0 aromatic rings. The molecule has 5 aliphatic rings. The summed E-state index contributed by atoms with van der Waals surface area (Å²) in [6.07, 6.45) is 15.5.